The van der Waals surface area contributed by atoms with Crippen molar-refractivity contribution in [2.75, 3.05) is 0 Å². The molecule has 0 fully saturated rings. The molecule has 0 amide bonds. The van der Waals surface area contributed by atoms with Crippen molar-refractivity contribution in [2.24, 2.45) is 7.05 Å². The average molecular weight is 246 g/mol. The van der Waals surface area contributed by atoms with Crippen LogP contribution in [0.25, 0.3) is 0 Å². The molecule has 18 heavy (non-hydrogen) atoms. The van der Waals surface area contributed by atoms with E-state index in [0.717, 1.165) is 5.69 Å². The summed E-state index contributed by atoms with van der Waals surface area (Å²) in [5.74, 6) is -0.274. The number of halogens is 1. The first kappa shape index (κ1) is 12.5. The Morgan fingerprint density at radius 3 is 2.78 bits per heavy atom. The van der Waals surface area contributed by atoms with Crippen LogP contribution in [0.4, 0.5) is 4.39 Å². The molecule has 94 valence electrons. The molecule has 0 N–H and O–H groups in total. The van der Waals surface area contributed by atoms with E-state index in [9.17, 15) is 9.18 Å². The van der Waals surface area contributed by atoms with Gasteiger partial charge in [-0.15, -0.1) is 0 Å². The number of Topliss-reactive ketones (excluding diaryl/α,β-unsaturated/α-hetero) is 1. The van der Waals surface area contributed by atoms with Gasteiger partial charge in [0.05, 0.1) is 0 Å². The lowest BCUT2D eigenvalue weighted by Crippen LogP contribution is -2.06. The summed E-state index contributed by atoms with van der Waals surface area (Å²) in [5.41, 5.74) is 2.30. The minimum atomic E-state index is -0.310. The van der Waals surface area contributed by atoms with Crippen LogP contribution in [0, 0.1) is 12.7 Å². The standard InChI is InChI=1S/C14H15FN2O/c1-10-9-11(15)3-5-13(10)14(18)6-4-12-7-8-16-17(12)2/h3,5,7-9H,4,6H2,1-2H3. The first-order valence-corrected chi connectivity index (χ1v) is 5.84. The summed E-state index contributed by atoms with van der Waals surface area (Å²) in [4.78, 5) is 12.0. The zero-order valence-electron chi connectivity index (χ0n) is 10.5. The van der Waals surface area contributed by atoms with Crippen molar-refractivity contribution in [2.45, 2.75) is 19.8 Å². The van der Waals surface area contributed by atoms with E-state index in [1.54, 1.807) is 23.9 Å². The molecule has 4 heteroatoms. The number of ketones is 1. The third kappa shape index (κ3) is 2.64. The van der Waals surface area contributed by atoms with Crippen molar-refractivity contribution < 1.29 is 9.18 Å². The Bertz CT molecular complexity index is 575. The number of rotatable bonds is 4. The van der Waals surface area contributed by atoms with Crippen LogP contribution in [0.15, 0.2) is 30.5 Å². The molecule has 1 aromatic carbocycles. The predicted molar refractivity (Wildman–Crippen MR) is 67.0 cm³/mol. The maximum absolute atomic E-state index is 13.0. The molecule has 0 bridgehead atoms. The molecule has 0 saturated carbocycles. The number of carbonyl (C=O) groups excluding carboxylic acids is 1. The molecule has 0 atom stereocenters. The zero-order chi connectivity index (χ0) is 13.1. The number of hydrogen-bond acceptors (Lipinski definition) is 2. The Labute approximate surface area is 105 Å². The van der Waals surface area contributed by atoms with E-state index in [2.05, 4.69) is 5.10 Å². The van der Waals surface area contributed by atoms with Crippen LogP contribution in [-0.2, 0) is 13.5 Å². The molecule has 2 rings (SSSR count). The van der Waals surface area contributed by atoms with Gasteiger partial charge in [-0.2, -0.15) is 5.10 Å². The van der Waals surface area contributed by atoms with Crippen molar-refractivity contribution in [1.29, 1.82) is 0 Å². The number of carbonyl (C=O) groups is 1. The van der Waals surface area contributed by atoms with Crippen LogP contribution in [-0.4, -0.2) is 15.6 Å². The highest BCUT2D eigenvalue weighted by molar-refractivity contribution is 5.97. The molecule has 0 aliphatic carbocycles. The highest BCUT2D eigenvalue weighted by Crippen LogP contribution is 2.14. The summed E-state index contributed by atoms with van der Waals surface area (Å²) in [6, 6.07) is 6.16. The minimum absolute atomic E-state index is 0.0358. The Kier molecular flexibility index (Phi) is 3.55. The lowest BCUT2D eigenvalue weighted by Gasteiger charge is -2.05. The van der Waals surface area contributed by atoms with Gasteiger partial charge >= 0.3 is 0 Å². The van der Waals surface area contributed by atoms with Gasteiger partial charge in [0, 0.05) is 30.9 Å². The molecule has 3 nitrogen and oxygen atoms in total. The van der Waals surface area contributed by atoms with E-state index in [1.165, 1.54) is 12.1 Å². The Morgan fingerprint density at radius 2 is 2.17 bits per heavy atom. The van der Waals surface area contributed by atoms with E-state index < -0.39 is 0 Å². The van der Waals surface area contributed by atoms with Gasteiger partial charge in [-0.05, 0) is 43.2 Å². The topological polar surface area (TPSA) is 34.9 Å². The molecule has 1 heterocycles. The van der Waals surface area contributed by atoms with Crippen LogP contribution in [0.1, 0.15) is 28.0 Å². The molecular formula is C14H15FN2O. The Hall–Kier alpha value is -1.97. The summed E-state index contributed by atoms with van der Waals surface area (Å²) >= 11 is 0. The lowest BCUT2D eigenvalue weighted by atomic mass is 10.0. The van der Waals surface area contributed by atoms with Crippen LogP contribution in [0.3, 0.4) is 0 Å². The predicted octanol–water partition coefficient (Wildman–Crippen LogP) is 2.68. The van der Waals surface area contributed by atoms with Gasteiger partial charge in [0.1, 0.15) is 5.82 Å². The van der Waals surface area contributed by atoms with E-state index in [1.807, 2.05) is 13.1 Å². The first-order chi connectivity index (χ1) is 8.58. The number of hydrogen-bond donors (Lipinski definition) is 0. The van der Waals surface area contributed by atoms with Gasteiger partial charge in [-0.25, -0.2) is 4.39 Å². The van der Waals surface area contributed by atoms with E-state index >= 15 is 0 Å². The number of aryl methyl sites for hydroxylation is 3. The monoisotopic (exact) mass is 246 g/mol. The quantitative estimate of drug-likeness (QED) is 0.777. The highest BCUT2D eigenvalue weighted by Gasteiger charge is 2.10. The van der Waals surface area contributed by atoms with Crippen molar-refractivity contribution in [3.8, 4) is 0 Å². The molecule has 0 saturated heterocycles. The van der Waals surface area contributed by atoms with Crippen LogP contribution in [0.5, 0.6) is 0 Å². The first-order valence-electron chi connectivity index (χ1n) is 5.84. The van der Waals surface area contributed by atoms with Gasteiger partial charge in [0.2, 0.25) is 0 Å². The molecule has 0 aliphatic heterocycles. The second kappa shape index (κ2) is 5.12. The third-order valence-corrected chi connectivity index (χ3v) is 3.02. The van der Waals surface area contributed by atoms with E-state index in [0.29, 0.717) is 24.0 Å². The molecular weight excluding hydrogens is 231 g/mol. The minimum Gasteiger partial charge on any atom is -0.294 e. The highest BCUT2D eigenvalue weighted by atomic mass is 19.1. The zero-order valence-corrected chi connectivity index (χ0v) is 10.5. The van der Waals surface area contributed by atoms with Gasteiger partial charge in [0.25, 0.3) is 0 Å². The summed E-state index contributed by atoms with van der Waals surface area (Å²) in [6.45, 7) is 1.75. The third-order valence-electron chi connectivity index (χ3n) is 3.02. The number of aromatic nitrogens is 2. The van der Waals surface area contributed by atoms with E-state index in [4.69, 9.17) is 0 Å². The van der Waals surface area contributed by atoms with Crippen molar-refractivity contribution in [1.82, 2.24) is 9.78 Å². The van der Waals surface area contributed by atoms with E-state index in [-0.39, 0.29) is 11.6 Å². The molecule has 1 aromatic heterocycles. The molecule has 0 unspecified atom stereocenters. The van der Waals surface area contributed by atoms with Crippen LogP contribution < -0.4 is 0 Å². The average Bonchev–Trinajstić information content (AvgIpc) is 2.72. The second-order valence-corrected chi connectivity index (χ2v) is 4.33. The second-order valence-electron chi connectivity index (χ2n) is 4.33. The normalized spacial score (nSPS) is 10.6. The van der Waals surface area contributed by atoms with Gasteiger partial charge in [-0.3, -0.25) is 9.48 Å². The molecule has 0 aliphatic rings. The maximum Gasteiger partial charge on any atom is 0.163 e. The van der Waals surface area contributed by atoms with Crippen LogP contribution >= 0.6 is 0 Å². The fraction of sp³-hybridized carbons (Fsp3) is 0.286. The summed E-state index contributed by atoms with van der Waals surface area (Å²) in [6.07, 6.45) is 2.76. The number of nitrogens with zero attached hydrogens (tertiary/aromatic N) is 2. The fourth-order valence-corrected chi connectivity index (χ4v) is 1.96. The Balaban J connectivity index is 2.06. The lowest BCUT2D eigenvalue weighted by molar-refractivity contribution is 0.0981. The van der Waals surface area contributed by atoms with Gasteiger partial charge in [0.15, 0.2) is 5.78 Å². The Morgan fingerprint density at radius 1 is 1.39 bits per heavy atom. The smallest absolute Gasteiger partial charge is 0.163 e. The van der Waals surface area contributed by atoms with Gasteiger partial charge in [-0.1, -0.05) is 0 Å². The number of benzene rings is 1. The fourth-order valence-electron chi connectivity index (χ4n) is 1.96. The maximum atomic E-state index is 13.0. The summed E-state index contributed by atoms with van der Waals surface area (Å²) in [5, 5.41) is 4.05. The molecule has 0 radical (unpaired) electrons. The van der Waals surface area contributed by atoms with Crippen LogP contribution in [0.2, 0.25) is 0 Å². The summed E-state index contributed by atoms with van der Waals surface area (Å²) in [7, 11) is 1.85. The largest absolute Gasteiger partial charge is 0.294 e. The summed E-state index contributed by atoms with van der Waals surface area (Å²) < 4.78 is 14.7. The van der Waals surface area contributed by atoms with Crippen molar-refractivity contribution in [3.63, 3.8) is 0 Å². The van der Waals surface area contributed by atoms with Gasteiger partial charge < -0.3 is 0 Å². The SMILES string of the molecule is Cc1cc(F)ccc1C(=O)CCc1ccnn1C. The molecule has 2 aromatic rings. The van der Waals surface area contributed by atoms with Crippen molar-refractivity contribution >= 4 is 5.78 Å². The van der Waals surface area contributed by atoms with Crippen molar-refractivity contribution in [3.05, 3.63) is 53.1 Å². The molecule has 0 spiro atoms.